The molecule has 120 valence electrons. The molecule has 0 aliphatic heterocycles. The van der Waals surface area contributed by atoms with E-state index >= 15 is 0 Å². The van der Waals surface area contributed by atoms with E-state index in [4.69, 9.17) is 10.00 Å². The minimum Gasteiger partial charge on any atom is -0.457 e. The van der Waals surface area contributed by atoms with Gasteiger partial charge < -0.3 is 9.72 Å². The van der Waals surface area contributed by atoms with Crippen molar-refractivity contribution in [2.24, 2.45) is 0 Å². The number of nitrogens with one attached hydrogen (secondary N) is 1. The largest absolute Gasteiger partial charge is 0.457 e. The maximum absolute atomic E-state index is 12.9. The predicted octanol–water partition coefficient (Wildman–Crippen LogP) is 5.64. The van der Waals surface area contributed by atoms with E-state index in [9.17, 15) is 4.39 Å². The van der Waals surface area contributed by atoms with Crippen molar-refractivity contribution in [3.8, 4) is 28.8 Å². The van der Waals surface area contributed by atoms with Gasteiger partial charge in [0.25, 0.3) is 0 Å². The van der Waals surface area contributed by atoms with Crippen LogP contribution >= 0.6 is 0 Å². The van der Waals surface area contributed by atoms with Gasteiger partial charge >= 0.3 is 0 Å². The summed E-state index contributed by atoms with van der Waals surface area (Å²) in [5.74, 6) is 0.975. The fourth-order valence-electron chi connectivity index (χ4n) is 2.69. The summed E-state index contributed by atoms with van der Waals surface area (Å²) in [4.78, 5) is 3.33. The van der Waals surface area contributed by atoms with Gasteiger partial charge in [-0.25, -0.2) is 4.39 Å². The third-order valence-electron chi connectivity index (χ3n) is 3.97. The van der Waals surface area contributed by atoms with Gasteiger partial charge in [-0.3, -0.25) is 0 Å². The number of ether oxygens (including phenoxy) is 1. The van der Waals surface area contributed by atoms with E-state index in [1.165, 1.54) is 12.1 Å². The van der Waals surface area contributed by atoms with Crippen LogP contribution < -0.4 is 4.74 Å². The molecule has 4 aromatic rings. The molecule has 0 radical (unpaired) electrons. The SMILES string of the molecule is N#Cc1ccc2cc(-c3ccc(Oc4ccc(F)cc4)cc3)[nH]c2c1. The quantitative estimate of drug-likeness (QED) is 0.529. The molecule has 25 heavy (non-hydrogen) atoms. The molecule has 3 nitrogen and oxygen atoms in total. The molecule has 1 heterocycles. The number of H-pyrrole nitrogens is 1. The highest BCUT2D eigenvalue weighted by Gasteiger charge is 2.05. The zero-order chi connectivity index (χ0) is 17.2. The maximum atomic E-state index is 12.9. The molecule has 0 bridgehead atoms. The van der Waals surface area contributed by atoms with Crippen molar-refractivity contribution in [1.82, 2.24) is 4.98 Å². The van der Waals surface area contributed by atoms with Crippen molar-refractivity contribution in [2.45, 2.75) is 0 Å². The van der Waals surface area contributed by atoms with Crippen molar-refractivity contribution >= 4 is 10.9 Å². The maximum Gasteiger partial charge on any atom is 0.127 e. The lowest BCUT2D eigenvalue weighted by atomic mass is 10.1. The number of benzene rings is 3. The number of nitriles is 1. The van der Waals surface area contributed by atoms with E-state index in [1.807, 2.05) is 42.5 Å². The van der Waals surface area contributed by atoms with Gasteiger partial charge in [0.05, 0.1) is 11.6 Å². The molecule has 0 saturated carbocycles. The zero-order valence-corrected chi connectivity index (χ0v) is 13.2. The monoisotopic (exact) mass is 328 g/mol. The zero-order valence-electron chi connectivity index (χ0n) is 13.2. The number of rotatable bonds is 3. The van der Waals surface area contributed by atoms with Crippen molar-refractivity contribution in [2.75, 3.05) is 0 Å². The summed E-state index contributed by atoms with van der Waals surface area (Å²) in [7, 11) is 0. The molecular formula is C21H13FN2O. The Hall–Kier alpha value is -3.58. The van der Waals surface area contributed by atoms with Crippen LogP contribution in [0.4, 0.5) is 4.39 Å². The highest BCUT2D eigenvalue weighted by molar-refractivity contribution is 5.86. The molecule has 4 heteroatoms. The number of hydrogen-bond donors (Lipinski definition) is 1. The first-order chi connectivity index (χ1) is 12.2. The third-order valence-corrected chi connectivity index (χ3v) is 3.97. The molecule has 1 N–H and O–H groups in total. The van der Waals surface area contributed by atoms with Gasteiger partial charge in [0.1, 0.15) is 17.3 Å². The Labute approximate surface area is 143 Å². The van der Waals surface area contributed by atoms with Crippen molar-refractivity contribution < 1.29 is 9.13 Å². The standard InChI is InChI=1S/C21H13FN2O/c22-17-5-9-19(10-6-17)25-18-7-3-15(4-8-18)21-12-16-2-1-14(13-23)11-20(16)24-21/h1-12,24H. The van der Waals surface area contributed by atoms with Gasteiger partial charge in [-0.1, -0.05) is 6.07 Å². The van der Waals surface area contributed by atoms with Gasteiger partial charge in [-0.15, -0.1) is 0 Å². The predicted molar refractivity (Wildman–Crippen MR) is 94.9 cm³/mol. The molecule has 0 fully saturated rings. The number of aromatic amines is 1. The van der Waals surface area contributed by atoms with Gasteiger partial charge in [-0.05, 0) is 72.3 Å². The minimum absolute atomic E-state index is 0.291. The van der Waals surface area contributed by atoms with Crippen LogP contribution in [0.1, 0.15) is 5.56 Å². The average Bonchev–Trinajstić information content (AvgIpc) is 3.07. The second-order valence-electron chi connectivity index (χ2n) is 5.68. The Morgan fingerprint density at radius 3 is 2.20 bits per heavy atom. The molecule has 0 aliphatic rings. The number of aromatic nitrogens is 1. The van der Waals surface area contributed by atoms with E-state index < -0.39 is 0 Å². The molecular weight excluding hydrogens is 315 g/mol. The van der Waals surface area contributed by atoms with E-state index in [-0.39, 0.29) is 5.82 Å². The summed E-state index contributed by atoms with van der Waals surface area (Å²) in [6.45, 7) is 0. The molecule has 0 unspecified atom stereocenters. The number of nitrogens with zero attached hydrogens (tertiary/aromatic N) is 1. The Kier molecular flexibility index (Phi) is 3.68. The van der Waals surface area contributed by atoms with E-state index in [0.717, 1.165) is 22.2 Å². The molecule has 0 amide bonds. The topological polar surface area (TPSA) is 48.8 Å². The van der Waals surface area contributed by atoms with Crippen LogP contribution in [0.25, 0.3) is 22.2 Å². The number of halogens is 1. The van der Waals surface area contributed by atoms with Crippen LogP contribution in [0.3, 0.4) is 0 Å². The Balaban J connectivity index is 1.59. The van der Waals surface area contributed by atoms with Crippen LogP contribution in [-0.2, 0) is 0 Å². The summed E-state index contributed by atoms with van der Waals surface area (Å²) >= 11 is 0. The highest BCUT2D eigenvalue weighted by atomic mass is 19.1. The van der Waals surface area contributed by atoms with Crippen molar-refractivity contribution in [3.05, 3.63) is 84.2 Å². The first-order valence-corrected chi connectivity index (χ1v) is 7.78. The fraction of sp³-hybridized carbons (Fsp3) is 0. The lowest BCUT2D eigenvalue weighted by Gasteiger charge is -2.06. The lowest BCUT2D eigenvalue weighted by molar-refractivity contribution is 0.480. The first-order valence-electron chi connectivity index (χ1n) is 7.78. The van der Waals surface area contributed by atoms with E-state index in [0.29, 0.717) is 17.1 Å². The molecule has 0 aliphatic carbocycles. The summed E-state index contributed by atoms with van der Waals surface area (Å²) in [6, 6.07) is 23.3. The summed E-state index contributed by atoms with van der Waals surface area (Å²) in [6.07, 6.45) is 0. The van der Waals surface area contributed by atoms with E-state index in [2.05, 4.69) is 11.1 Å². The molecule has 0 saturated heterocycles. The van der Waals surface area contributed by atoms with Gasteiger partial charge in [-0.2, -0.15) is 5.26 Å². The molecule has 0 atom stereocenters. The lowest BCUT2D eigenvalue weighted by Crippen LogP contribution is -1.85. The highest BCUT2D eigenvalue weighted by Crippen LogP contribution is 2.28. The number of fused-ring (bicyclic) bond motifs is 1. The van der Waals surface area contributed by atoms with Crippen LogP contribution in [0.2, 0.25) is 0 Å². The second-order valence-corrected chi connectivity index (χ2v) is 5.68. The van der Waals surface area contributed by atoms with Crippen LogP contribution in [-0.4, -0.2) is 4.98 Å². The van der Waals surface area contributed by atoms with Crippen molar-refractivity contribution in [3.63, 3.8) is 0 Å². The minimum atomic E-state index is -0.291. The Morgan fingerprint density at radius 1 is 0.840 bits per heavy atom. The van der Waals surface area contributed by atoms with Gasteiger partial charge in [0.2, 0.25) is 0 Å². The smallest absolute Gasteiger partial charge is 0.127 e. The average molecular weight is 328 g/mol. The molecule has 4 rings (SSSR count). The summed E-state index contributed by atoms with van der Waals surface area (Å²) < 4.78 is 18.6. The van der Waals surface area contributed by atoms with E-state index in [1.54, 1.807) is 18.2 Å². The second kappa shape index (κ2) is 6.14. The third kappa shape index (κ3) is 3.08. The van der Waals surface area contributed by atoms with Gasteiger partial charge in [0, 0.05) is 16.6 Å². The normalized spacial score (nSPS) is 10.6. The van der Waals surface area contributed by atoms with Crippen LogP contribution in [0.15, 0.2) is 72.8 Å². The molecule has 3 aromatic carbocycles. The fourth-order valence-corrected chi connectivity index (χ4v) is 2.69. The Morgan fingerprint density at radius 2 is 1.52 bits per heavy atom. The molecule has 0 spiro atoms. The molecule has 1 aromatic heterocycles. The summed E-state index contributed by atoms with van der Waals surface area (Å²) in [5.41, 5.74) is 3.55. The summed E-state index contributed by atoms with van der Waals surface area (Å²) in [5, 5.41) is 10.0. The number of hydrogen-bond acceptors (Lipinski definition) is 2. The van der Waals surface area contributed by atoms with Crippen molar-refractivity contribution in [1.29, 1.82) is 5.26 Å². The first kappa shape index (κ1) is 15.0. The van der Waals surface area contributed by atoms with Gasteiger partial charge in [0.15, 0.2) is 0 Å². The Bertz CT molecular complexity index is 1070. The van der Waals surface area contributed by atoms with Crippen LogP contribution in [0.5, 0.6) is 11.5 Å². The van der Waals surface area contributed by atoms with Crippen LogP contribution in [0, 0.1) is 17.1 Å².